The molecule has 1 N–H and O–H groups in total. The van der Waals surface area contributed by atoms with E-state index in [2.05, 4.69) is 53.7 Å². The van der Waals surface area contributed by atoms with Crippen molar-refractivity contribution in [1.82, 2.24) is 25.5 Å². The highest BCUT2D eigenvalue weighted by molar-refractivity contribution is 7.11. The van der Waals surface area contributed by atoms with Gasteiger partial charge in [0.2, 0.25) is 0 Å². The third kappa shape index (κ3) is 2.76. The minimum Gasteiger partial charge on any atom is -0.311 e. The first-order valence-electron chi connectivity index (χ1n) is 6.12. The number of rotatable bonds is 5. The third-order valence-electron chi connectivity index (χ3n) is 3.05. The molecule has 0 aliphatic carbocycles. The number of aryl methyl sites for hydroxylation is 1. The summed E-state index contributed by atoms with van der Waals surface area (Å²) in [5.41, 5.74) is 0. The molecule has 5 nitrogen and oxygen atoms in total. The summed E-state index contributed by atoms with van der Waals surface area (Å²) < 4.78 is 1.91. The van der Waals surface area contributed by atoms with Crippen LogP contribution < -0.4 is 5.32 Å². The highest BCUT2D eigenvalue weighted by Gasteiger charge is 2.17. The molecule has 0 aliphatic rings. The van der Waals surface area contributed by atoms with Crippen LogP contribution in [0, 0.1) is 6.92 Å². The summed E-state index contributed by atoms with van der Waals surface area (Å²) in [7, 11) is 1.91. The summed E-state index contributed by atoms with van der Waals surface area (Å²) in [5.74, 6) is 0.887. The predicted octanol–water partition coefficient (Wildman–Crippen LogP) is 2.13. The Kier molecular flexibility index (Phi) is 4.08. The van der Waals surface area contributed by atoms with Crippen molar-refractivity contribution in [2.45, 2.75) is 39.3 Å². The number of hydrogen-bond acceptors (Lipinski definition) is 5. The van der Waals surface area contributed by atoms with Gasteiger partial charge in [0, 0.05) is 16.2 Å². The fourth-order valence-corrected chi connectivity index (χ4v) is 2.91. The number of thiophene rings is 1. The van der Waals surface area contributed by atoms with E-state index >= 15 is 0 Å². The van der Waals surface area contributed by atoms with Crippen molar-refractivity contribution in [1.29, 1.82) is 0 Å². The summed E-state index contributed by atoms with van der Waals surface area (Å²) in [6, 6.07) is 4.77. The van der Waals surface area contributed by atoms with Crippen LogP contribution in [0.2, 0.25) is 0 Å². The Morgan fingerprint density at radius 1 is 1.39 bits per heavy atom. The van der Waals surface area contributed by atoms with Gasteiger partial charge in [-0.15, -0.1) is 16.4 Å². The molecule has 0 bridgehead atoms. The van der Waals surface area contributed by atoms with E-state index in [1.54, 1.807) is 0 Å². The molecule has 2 heterocycles. The second kappa shape index (κ2) is 5.58. The monoisotopic (exact) mass is 265 g/mol. The summed E-state index contributed by atoms with van der Waals surface area (Å²) >= 11 is 1.84. The second-order valence-corrected chi connectivity index (χ2v) is 5.93. The Balaban J connectivity index is 2.13. The first-order chi connectivity index (χ1) is 8.61. The number of nitrogens with zero attached hydrogens (tertiary/aromatic N) is 4. The number of tetrazole rings is 1. The Morgan fingerprint density at radius 2 is 2.17 bits per heavy atom. The number of hydrogen-bond donors (Lipinski definition) is 1. The zero-order valence-corrected chi connectivity index (χ0v) is 12.0. The SMILES string of the molecule is CNC(C)c1nnnn1C(C)Cc1ccc(C)s1. The lowest BCUT2D eigenvalue weighted by molar-refractivity contribution is 0.436. The van der Waals surface area contributed by atoms with Gasteiger partial charge in [-0.05, 0) is 50.4 Å². The van der Waals surface area contributed by atoms with E-state index in [1.807, 2.05) is 23.1 Å². The summed E-state index contributed by atoms with van der Waals surface area (Å²) in [6.45, 7) is 6.34. The summed E-state index contributed by atoms with van der Waals surface area (Å²) in [6.07, 6.45) is 0.965. The van der Waals surface area contributed by atoms with Gasteiger partial charge in [-0.25, -0.2) is 4.68 Å². The lowest BCUT2D eigenvalue weighted by atomic mass is 10.2. The summed E-state index contributed by atoms with van der Waals surface area (Å²) in [4.78, 5) is 2.72. The zero-order chi connectivity index (χ0) is 13.1. The highest BCUT2D eigenvalue weighted by atomic mass is 32.1. The fraction of sp³-hybridized carbons (Fsp3) is 0.583. The molecule has 0 fully saturated rings. The molecule has 0 radical (unpaired) electrons. The van der Waals surface area contributed by atoms with E-state index in [4.69, 9.17) is 0 Å². The molecule has 0 amide bonds. The molecule has 18 heavy (non-hydrogen) atoms. The largest absolute Gasteiger partial charge is 0.311 e. The molecule has 2 rings (SSSR count). The van der Waals surface area contributed by atoms with Crippen molar-refractivity contribution in [3.8, 4) is 0 Å². The standard InChI is InChI=1S/C12H19N5S/c1-8(7-11-6-5-9(2)18-11)17-12(10(3)13-4)14-15-16-17/h5-6,8,10,13H,7H2,1-4H3. The van der Waals surface area contributed by atoms with Gasteiger partial charge in [-0.1, -0.05) is 0 Å². The topological polar surface area (TPSA) is 55.6 Å². The van der Waals surface area contributed by atoms with E-state index in [-0.39, 0.29) is 12.1 Å². The molecule has 2 atom stereocenters. The van der Waals surface area contributed by atoms with Crippen LogP contribution in [-0.2, 0) is 6.42 Å². The molecule has 98 valence electrons. The van der Waals surface area contributed by atoms with E-state index in [1.165, 1.54) is 9.75 Å². The van der Waals surface area contributed by atoms with Gasteiger partial charge < -0.3 is 5.32 Å². The van der Waals surface area contributed by atoms with Gasteiger partial charge in [-0.3, -0.25) is 0 Å². The van der Waals surface area contributed by atoms with Crippen molar-refractivity contribution in [2.75, 3.05) is 7.05 Å². The van der Waals surface area contributed by atoms with Gasteiger partial charge >= 0.3 is 0 Å². The highest BCUT2D eigenvalue weighted by Crippen LogP contribution is 2.22. The van der Waals surface area contributed by atoms with Crippen LogP contribution in [-0.4, -0.2) is 27.3 Å². The Morgan fingerprint density at radius 3 is 2.78 bits per heavy atom. The quantitative estimate of drug-likeness (QED) is 0.899. The first kappa shape index (κ1) is 13.2. The predicted molar refractivity (Wildman–Crippen MR) is 72.8 cm³/mol. The molecule has 0 saturated carbocycles. The normalized spacial score (nSPS) is 14.7. The lowest BCUT2D eigenvalue weighted by Crippen LogP contribution is -2.21. The number of nitrogens with one attached hydrogen (secondary N) is 1. The van der Waals surface area contributed by atoms with Crippen LogP contribution in [0.3, 0.4) is 0 Å². The molecular formula is C12H19N5S. The van der Waals surface area contributed by atoms with Crippen LogP contribution in [0.1, 0.15) is 41.5 Å². The molecule has 0 aliphatic heterocycles. The van der Waals surface area contributed by atoms with Gasteiger partial charge in [-0.2, -0.15) is 0 Å². The molecule has 2 aromatic rings. The average molecular weight is 265 g/mol. The van der Waals surface area contributed by atoms with Crippen LogP contribution in [0.5, 0.6) is 0 Å². The van der Waals surface area contributed by atoms with Crippen LogP contribution >= 0.6 is 11.3 Å². The van der Waals surface area contributed by atoms with Crippen LogP contribution in [0.4, 0.5) is 0 Å². The van der Waals surface area contributed by atoms with Gasteiger partial charge in [0.05, 0.1) is 12.1 Å². The van der Waals surface area contributed by atoms with E-state index in [9.17, 15) is 0 Å². The van der Waals surface area contributed by atoms with Gasteiger partial charge in [0.15, 0.2) is 5.82 Å². The average Bonchev–Trinajstić information content (AvgIpc) is 2.97. The Hall–Kier alpha value is -1.27. The molecule has 0 aromatic carbocycles. The summed E-state index contributed by atoms with van der Waals surface area (Å²) in [5, 5.41) is 15.2. The Bertz CT molecular complexity index is 504. The molecule has 0 spiro atoms. The zero-order valence-electron chi connectivity index (χ0n) is 11.2. The van der Waals surface area contributed by atoms with Crippen molar-refractivity contribution >= 4 is 11.3 Å². The maximum absolute atomic E-state index is 4.11. The van der Waals surface area contributed by atoms with E-state index < -0.39 is 0 Å². The van der Waals surface area contributed by atoms with E-state index in [0.717, 1.165) is 12.2 Å². The maximum atomic E-state index is 4.11. The van der Waals surface area contributed by atoms with Crippen molar-refractivity contribution in [3.05, 3.63) is 27.7 Å². The van der Waals surface area contributed by atoms with Crippen molar-refractivity contribution in [2.24, 2.45) is 0 Å². The minimum absolute atomic E-state index is 0.160. The first-order valence-corrected chi connectivity index (χ1v) is 6.93. The van der Waals surface area contributed by atoms with E-state index in [0.29, 0.717) is 0 Å². The van der Waals surface area contributed by atoms with Gasteiger partial charge in [0.25, 0.3) is 0 Å². The van der Waals surface area contributed by atoms with Crippen molar-refractivity contribution < 1.29 is 0 Å². The fourth-order valence-electron chi connectivity index (χ4n) is 1.90. The van der Waals surface area contributed by atoms with Crippen LogP contribution in [0.25, 0.3) is 0 Å². The lowest BCUT2D eigenvalue weighted by Gasteiger charge is -2.15. The van der Waals surface area contributed by atoms with Crippen molar-refractivity contribution in [3.63, 3.8) is 0 Å². The third-order valence-corrected chi connectivity index (χ3v) is 4.07. The second-order valence-electron chi connectivity index (χ2n) is 4.56. The minimum atomic E-state index is 0.160. The molecular weight excluding hydrogens is 246 g/mol. The smallest absolute Gasteiger partial charge is 0.168 e. The number of aromatic nitrogens is 4. The molecule has 2 unspecified atom stereocenters. The molecule has 0 saturated heterocycles. The Labute approximate surface area is 111 Å². The molecule has 6 heteroatoms. The maximum Gasteiger partial charge on any atom is 0.168 e. The van der Waals surface area contributed by atoms with Crippen LogP contribution in [0.15, 0.2) is 12.1 Å². The molecule has 2 aromatic heterocycles. The van der Waals surface area contributed by atoms with Gasteiger partial charge in [0.1, 0.15) is 0 Å².